The van der Waals surface area contributed by atoms with Gasteiger partial charge < -0.3 is 10.2 Å². The molecule has 1 fully saturated rings. The summed E-state index contributed by atoms with van der Waals surface area (Å²) in [5.41, 5.74) is 2.61. The van der Waals surface area contributed by atoms with Crippen LogP contribution < -0.4 is 5.32 Å². The molecule has 1 saturated heterocycles. The van der Waals surface area contributed by atoms with E-state index >= 15 is 0 Å². The number of nitrogens with one attached hydrogen (secondary N) is 1. The highest BCUT2D eigenvalue weighted by Crippen LogP contribution is 2.18. The first-order chi connectivity index (χ1) is 13.6. The standard InChI is InChI=1S/C22H25FN4O.ClH/c1-26-21(19-4-2-3-5-20(19)25-26)22(28)24-18-11-14-27(15-12-18)13-10-16-6-8-17(23)9-7-16;/h2-9,18H,10-15H2,1H3,(H,24,28);1H. The van der Waals surface area contributed by atoms with Crippen LogP contribution in [0.4, 0.5) is 4.39 Å². The summed E-state index contributed by atoms with van der Waals surface area (Å²) in [6.45, 7) is 2.87. The Morgan fingerprint density at radius 3 is 2.55 bits per heavy atom. The number of amides is 1. The number of hydrogen-bond acceptors (Lipinski definition) is 3. The third-order valence-corrected chi connectivity index (χ3v) is 5.51. The number of carbonyl (C=O) groups excluding carboxylic acids is 1. The van der Waals surface area contributed by atoms with Gasteiger partial charge in [-0.25, -0.2) is 4.39 Å². The number of hydrogen-bond donors (Lipinski definition) is 1. The number of piperidine rings is 1. The fourth-order valence-electron chi connectivity index (χ4n) is 3.91. The van der Waals surface area contributed by atoms with Crippen LogP contribution in [0.15, 0.2) is 48.5 Å². The van der Waals surface area contributed by atoms with Gasteiger partial charge in [-0.1, -0.05) is 30.3 Å². The van der Waals surface area contributed by atoms with Crippen LogP contribution >= 0.6 is 12.4 Å². The molecule has 2 heterocycles. The second-order valence-electron chi connectivity index (χ2n) is 7.46. The predicted octanol–water partition coefficient (Wildman–Crippen LogP) is 3.57. The summed E-state index contributed by atoms with van der Waals surface area (Å²) in [5.74, 6) is -0.248. The van der Waals surface area contributed by atoms with E-state index in [1.54, 1.807) is 4.68 Å². The average Bonchev–Trinajstić information content (AvgIpc) is 3.04. The lowest BCUT2D eigenvalue weighted by molar-refractivity contribution is 0.0903. The summed E-state index contributed by atoms with van der Waals surface area (Å²) in [7, 11) is 1.81. The zero-order valence-electron chi connectivity index (χ0n) is 16.5. The summed E-state index contributed by atoms with van der Waals surface area (Å²) in [6.07, 6.45) is 2.79. The summed E-state index contributed by atoms with van der Waals surface area (Å²) in [6, 6.07) is 14.6. The van der Waals surface area contributed by atoms with Gasteiger partial charge in [0, 0.05) is 38.1 Å². The maximum atomic E-state index is 13.0. The van der Waals surface area contributed by atoms with Gasteiger partial charge in [-0.2, -0.15) is 5.10 Å². The monoisotopic (exact) mass is 416 g/mol. The lowest BCUT2D eigenvalue weighted by Crippen LogP contribution is -2.45. The van der Waals surface area contributed by atoms with Crippen molar-refractivity contribution in [3.8, 4) is 0 Å². The Bertz CT molecular complexity index is 965. The molecular weight excluding hydrogens is 391 g/mol. The number of carbonyl (C=O) groups is 1. The zero-order valence-corrected chi connectivity index (χ0v) is 17.3. The van der Waals surface area contributed by atoms with Crippen LogP contribution in [-0.4, -0.2) is 46.3 Å². The Labute approximate surface area is 176 Å². The van der Waals surface area contributed by atoms with Crippen molar-refractivity contribution in [1.82, 2.24) is 20.0 Å². The van der Waals surface area contributed by atoms with Crippen LogP contribution in [-0.2, 0) is 13.5 Å². The molecule has 3 aromatic rings. The second-order valence-corrected chi connectivity index (χ2v) is 7.46. The first-order valence-electron chi connectivity index (χ1n) is 9.79. The van der Waals surface area contributed by atoms with Gasteiger partial charge in [-0.05, 0) is 43.0 Å². The molecule has 0 radical (unpaired) electrons. The zero-order chi connectivity index (χ0) is 19.5. The number of likely N-dealkylation sites (tertiary alicyclic amines) is 1. The van der Waals surface area contributed by atoms with Crippen molar-refractivity contribution in [1.29, 1.82) is 0 Å². The Kier molecular flexibility index (Phi) is 6.87. The highest BCUT2D eigenvalue weighted by Gasteiger charge is 2.23. The van der Waals surface area contributed by atoms with E-state index in [1.807, 2.05) is 43.4 Å². The summed E-state index contributed by atoms with van der Waals surface area (Å²) in [4.78, 5) is 15.2. The van der Waals surface area contributed by atoms with Crippen LogP contribution in [0.3, 0.4) is 0 Å². The highest BCUT2D eigenvalue weighted by molar-refractivity contribution is 6.05. The number of aromatic nitrogens is 2. The third kappa shape index (κ3) is 4.95. The first-order valence-corrected chi connectivity index (χ1v) is 9.79. The molecule has 4 rings (SSSR count). The topological polar surface area (TPSA) is 50.2 Å². The minimum Gasteiger partial charge on any atom is -0.348 e. The maximum Gasteiger partial charge on any atom is 0.270 e. The molecule has 0 bridgehead atoms. The van der Waals surface area contributed by atoms with Gasteiger partial charge in [-0.15, -0.1) is 12.4 Å². The van der Waals surface area contributed by atoms with Gasteiger partial charge in [0.15, 0.2) is 0 Å². The van der Waals surface area contributed by atoms with Crippen molar-refractivity contribution < 1.29 is 9.18 Å². The van der Waals surface area contributed by atoms with Crippen molar-refractivity contribution in [2.24, 2.45) is 7.05 Å². The number of fused-ring (bicyclic) bond motifs is 1. The molecule has 0 aliphatic carbocycles. The van der Waals surface area contributed by atoms with E-state index in [2.05, 4.69) is 15.3 Å². The Morgan fingerprint density at radius 2 is 1.83 bits per heavy atom. The minimum atomic E-state index is -0.193. The van der Waals surface area contributed by atoms with Crippen LogP contribution in [0.5, 0.6) is 0 Å². The van der Waals surface area contributed by atoms with E-state index in [0.29, 0.717) is 5.69 Å². The number of rotatable bonds is 5. The molecule has 1 aliphatic heterocycles. The molecule has 1 aliphatic rings. The van der Waals surface area contributed by atoms with Gasteiger partial charge >= 0.3 is 0 Å². The van der Waals surface area contributed by atoms with Crippen LogP contribution in [0.25, 0.3) is 10.9 Å². The van der Waals surface area contributed by atoms with E-state index in [-0.39, 0.29) is 30.2 Å². The van der Waals surface area contributed by atoms with Gasteiger partial charge in [0.1, 0.15) is 11.5 Å². The Hall–Kier alpha value is -2.44. The number of halogens is 2. The molecule has 0 spiro atoms. The van der Waals surface area contributed by atoms with E-state index in [0.717, 1.165) is 55.4 Å². The van der Waals surface area contributed by atoms with E-state index in [1.165, 1.54) is 12.1 Å². The summed E-state index contributed by atoms with van der Waals surface area (Å²) in [5, 5.41) is 8.50. The molecule has 7 heteroatoms. The first kappa shape index (κ1) is 21.3. The fraction of sp³-hybridized carbons (Fsp3) is 0.364. The van der Waals surface area contributed by atoms with Gasteiger partial charge in [-0.3, -0.25) is 9.48 Å². The molecule has 5 nitrogen and oxygen atoms in total. The molecule has 1 N–H and O–H groups in total. The van der Waals surface area contributed by atoms with E-state index in [4.69, 9.17) is 0 Å². The molecular formula is C22H26ClFN4O. The third-order valence-electron chi connectivity index (χ3n) is 5.51. The normalized spacial score (nSPS) is 15.2. The lowest BCUT2D eigenvalue weighted by atomic mass is 10.0. The Balaban J connectivity index is 0.00000240. The van der Waals surface area contributed by atoms with E-state index < -0.39 is 0 Å². The number of benzene rings is 2. The van der Waals surface area contributed by atoms with Crippen molar-refractivity contribution in [2.45, 2.75) is 25.3 Å². The highest BCUT2D eigenvalue weighted by atomic mass is 35.5. The predicted molar refractivity (Wildman–Crippen MR) is 115 cm³/mol. The van der Waals surface area contributed by atoms with Gasteiger partial charge in [0.05, 0.1) is 5.52 Å². The van der Waals surface area contributed by atoms with Crippen molar-refractivity contribution in [3.05, 3.63) is 65.6 Å². The fourth-order valence-corrected chi connectivity index (χ4v) is 3.91. The Morgan fingerprint density at radius 1 is 1.14 bits per heavy atom. The lowest BCUT2D eigenvalue weighted by Gasteiger charge is -2.32. The summed E-state index contributed by atoms with van der Waals surface area (Å²) < 4.78 is 14.7. The molecule has 2 aromatic carbocycles. The number of aryl methyl sites for hydroxylation is 1. The van der Waals surface area contributed by atoms with Crippen LogP contribution in [0.2, 0.25) is 0 Å². The maximum absolute atomic E-state index is 13.0. The largest absolute Gasteiger partial charge is 0.348 e. The van der Waals surface area contributed by atoms with Crippen molar-refractivity contribution in [3.63, 3.8) is 0 Å². The quantitative estimate of drug-likeness (QED) is 0.691. The van der Waals surface area contributed by atoms with Crippen molar-refractivity contribution in [2.75, 3.05) is 19.6 Å². The molecule has 154 valence electrons. The van der Waals surface area contributed by atoms with Gasteiger partial charge in [0.2, 0.25) is 0 Å². The molecule has 0 unspecified atom stereocenters. The van der Waals surface area contributed by atoms with Crippen LogP contribution in [0.1, 0.15) is 28.9 Å². The van der Waals surface area contributed by atoms with Crippen LogP contribution in [0, 0.1) is 5.82 Å². The molecule has 1 aromatic heterocycles. The van der Waals surface area contributed by atoms with E-state index in [9.17, 15) is 9.18 Å². The smallest absolute Gasteiger partial charge is 0.270 e. The molecule has 29 heavy (non-hydrogen) atoms. The van der Waals surface area contributed by atoms with Gasteiger partial charge in [0.25, 0.3) is 5.91 Å². The molecule has 0 saturated carbocycles. The average molecular weight is 417 g/mol. The summed E-state index contributed by atoms with van der Waals surface area (Å²) >= 11 is 0. The second kappa shape index (κ2) is 9.37. The molecule has 0 atom stereocenters. The molecule has 1 amide bonds. The minimum absolute atomic E-state index is 0. The van der Waals surface area contributed by atoms with Crippen molar-refractivity contribution >= 4 is 29.2 Å². The SMILES string of the molecule is Cl.Cn1nc2ccccc2c1C(=O)NC1CCN(CCc2ccc(F)cc2)CC1. The number of nitrogens with zero attached hydrogens (tertiary/aromatic N) is 3.